The maximum atomic E-state index is 12.7. The van der Waals surface area contributed by atoms with Gasteiger partial charge in [-0.15, -0.1) is 0 Å². The number of hydrogen-bond donors (Lipinski definition) is 1. The van der Waals surface area contributed by atoms with Crippen LogP contribution in [-0.4, -0.2) is 24.9 Å². The predicted molar refractivity (Wildman–Crippen MR) is 115 cm³/mol. The quantitative estimate of drug-likeness (QED) is 0.488. The Bertz CT molecular complexity index is 1240. The first-order chi connectivity index (χ1) is 13.9. The summed E-state index contributed by atoms with van der Waals surface area (Å²) in [6, 6.07) is 17.7. The number of anilines is 1. The van der Waals surface area contributed by atoms with E-state index in [1.807, 2.05) is 41.1 Å². The molecule has 4 rings (SSSR count). The minimum Gasteiger partial charge on any atom is -0.495 e. The van der Waals surface area contributed by atoms with E-state index in [0.717, 1.165) is 16.9 Å². The Morgan fingerprint density at radius 1 is 1.10 bits per heavy atom. The van der Waals surface area contributed by atoms with Crippen molar-refractivity contribution in [3.8, 4) is 17.0 Å². The van der Waals surface area contributed by atoms with Gasteiger partial charge in [-0.3, -0.25) is 4.72 Å². The van der Waals surface area contributed by atoms with Gasteiger partial charge in [-0.1, -0.05) is 29.8 Å². The molecule has 4 aromatic rings. The van der Waals surface area contributed by atoms with Crippen LogP contribution in [0.15, 0.2) is 73.1 Å². The number of methoxy groups -OCH3 is 1. The Morgan fingerprint density at radius 3 is 2.62 bits per heavy atom. The van der Waals surface area contributed by atoms with E-state index in [4.69, 9.17) is 16.3 Å². The molecule has 0 spiro atoms. The summed E-state index contributed by atoms with van der Waals surface area (Å²) in [5.74, 6) is 0.253. The zero-order chi connectivity index (χ0) is 20.4. The van der Waals surface area contributed by atoms with E-state index in [1.54, 1.807) is 36.4 Å². The van der Waals surface area contributed by atoms with E-state index in [-0.39, 0.29) is 5.75 Å². The molecule has 0 aliphatic carbocycles. The smallest absolute Gasteiger partial charge is 0.237 e. The van der Waals surface area contributed by atoms with Crippen molar-refractivity contribution in [2.75, 3.05) is 11.8 Å². The van der Waals surface area contributed by atoms with Gasteiger partial charge in [0.15, 0.2) is 0 Å². The number of aromatic nitrogens is 2. The van der Waals surface area contributed by atoms with E-state index in [2.05, 4.69) is 9.71 Å². The Hall–Kier alpha value is -3.03. The number of rotatable bonds is 6. The lowest BCUT2D eigenvalue weighted by Gasteiger charge is -2.13. The van der Waals surface area contributed by atoms with Crippen LogP contribution >= 0.6 is 11.6 Å². The molecule has 0 atom stereocenters. The third-order valence-corrected chi connectivity index (χ3v) is 5.89. The van der Waals surface area contributed by atoms with Crippen molar-refractivity contribution in [1.29, 1.82) is 0 Å². The lowest BCUT2D eigenvalue weighted by Crippen LogP contribution is -2.15. The lowest BCUT2D eigenvalue weighted by molar-refractivity contribution is 0.417. The van der Waals surface area contributed by atoms with Crippen molar-refractivity contribution in [1.82, 2.24) is 9.38 Å². The van der Waals surface area contributed by atoms with Crippen LogP contribution in [0.5, 0.6) is 5.75 Å². The van der Waals surface area contributed by atoms with E-state index >= 15 is 0 Å². The number of imidazole rings is 1. The second kappa shape index (κ2) is 7.77. The van der Waals surface area contributed by atoms with Crippen molar-refractivity contribution in [3.63, 3.8) is 0 Å². The predicted octanol–water partition coefficient (Wildman–Crippen LogP) is 4.61. The van der Waals surface area contributed by atoms with E-state index in [9.17, 15) is 8.42 Å². The molecule has 148 valence electrons. The summed E-state index contributed by atoms with van der Waals surface area (Å²) in [4.78, 5) is 4.58. The first-order valence-corrected chi connectivity index (χ1v) is 10.8. The summed E-state index contributed by atoms with van der Waals surface area (Å²) in [6.07, 6.45) is 3.80. The molecule has 0 saturated carbocycles. The summed E-state index contributed by atoms with van der Waals surface area (Å²) in [7, 11) is -2.16. The van der Waals surface area contributed by atoms with Gasteiger partial charge >= 0.3 is 0 Å². The maximum absolute atomic E-state index is 12.7. The molecule has 2 aromatic carbocycles. The molecular formula is C21H18ClN3O3S. The van der Waals surface area contributed by atoms with E-state index < -0.39 is 10.0 Å². The van der Waals surface area contributed by atoms with Crippen LogP contribution < -0.4 is 9.46 Å². The molecule has 6 nitrogen and oxygen atoms in total. The first kappa shape index (κ1) is 19.3. The van der Waals surface area contributed by atoms with Gasteiger partial charge in [0, 0.05) is 23.0 Å². The summed E-state index contributed by atoms with van der Waals surface area (Å²) >= 11 is 5.87. The number of fused-ring (bicyclic) bond motifs is 1. The van der Waals surface area contributed by atoms with Gasteiger partial charge in [0.2, 0.25) is 10.0 Å². The van der Waals surface area contributed by atoms with Crippen LogP contribution in [0.4, 0.5) is 5.69 Å². The van der Waals surface area contributed by atoms with Crippen molar-refractivity contribution >= 4 is 33.0 Å². The summed E-state index contributed by atoms with van der Waals surface area (Å²) < 4.78 is 35.3. The Balaban J connectivity index is 1.65. The molecule has 0 fully saturated rings. The molecule has 0 unspecified atom stereocenters. The molecule has 0 aliphatic heterocycles. The molecule has 0 bridgehead atoms. The third-order valence-electron chi connectivity index (χ3n) is 4.39. The van der Waals surface area contributed by atoms with Gasteiger partial charge < -0.3 is 9.14 Å². The zero-order valence-corrected chi connectivity index (χ0v) is 17.1. The molecule has 1 N–H and O–H groups in total. The zero-order valence-electron chi connectivity index (χ0n) is 15.5. The maximum Gasteiger partial charge on any atom is 0.237 e. The van der Waals surface area contributed by atoms with Gasteiger partial charge in [0.25, 0.3) is 0 Å². The molecule has 29 heavy (non-hydrogen) atoms. The molecule has 2 aromatic heterocycles. The van der Waals surface area contributed by atoms with Crippen LogP contribution in [0.3, 0.4) is 0 Å². The number of ether oxygens (including phenoxy) is 1. The topological polar surface area (TPSA) is 72.7 Å². The number of sulfonamides is 1. The Labute approximate surface area is 173 Å². The highest BCUT2D eigenvalue weighted by Crippen LogP contribution is 2.31. The number of nitrogens with zero attached hydrogens (tertiary/aromatic N) is 2. The Kier molecular flexibility index (Phi) is 5.17. The Morgan fingerprint density at radius 2 is 1.90 bits per heavy atom. The van der Waals surface area contributed by atoms with Crippen molar-refractivity contribution < 1.29 is 13.2 Å². The molecule has 2 heterocycles. The monoisotopic (exact) mass is 427 g/mol. The van der Waals surface area contributed by atoms with Crippen molar-refractivity contribution in [2.24, 2.45) is 0 Å². The number of benzene rings is 2. The highest BCUT2D eigenvalue weighted by Gasteiger charge is 2.16. The van der Waals surface area contributed by atoms with Crippen molar-refractivity contribution in [3.05, 3.63) is 83.6 Å². The fourth-order valence-electron chi connectivity index (χ4n) is 3.02. The third kappa shape index (κ3) is 4.36. The fourth-order valence-corrected chi connectivity index (χ4v) is 4.35. The van der Waals surface area contributed by atoms with Gasteiger partial charge in [-0.2, -0.15) is 0 Å². The minimum absolute atomic E-state index is 0.175. The van der Waals surface area contributed by atoms with Crippen LogP contribution in [0.25, 0.3) is 16.9 Å². The van der Waals surface area contributed by atoms with Gasteiger partial charge in [0.1, 0.15) is 11.4 Å². The molecule has 0 radical (unpaired) electrons. The number of hydrogen-bond acceptors (Lipinski definition) is 4. The van der Waals surface area contributed by atoms with Crippen LogP contribution in [0, 0.1) is 0 Å². The van der Waals surface area contributed by atoms with Gasteiger partial charge in [-0.25, -0.2) is 13.4 Å². The van der Waals surface area contributed by atoms with E-state index in [0.29, 0.717) is 22.0 Å². The molecule has 0 saturated heterocycles. The average Bonchev–Trinajstić information content (AvgIpc) is 3.13. The minimum atomic E-state index is -3.66. The SMILES string of the molecule is COc1ccc(-c2cn3ccccc3n2)cc1NS(=O)(=O)Cc1ccc(Cl)cc1. The van der Waals surface area contributed by atoms with Crippen LogP contribution in [0.1, 0.15) is 5.56 Å². The molecule has 0 aliphatic rings. The number of nitrogens with one attached hydrogen (secondary N) is 1. The second-order valence-corrected chi connectivity index (χ2v) is 8.65. The van der Waals surface area contributed by atoms with Crippen LogP contribution in [-0.2, 0) is 15.8 Å². The van der Waals surface area contributed by atoms with E-state index in [1.165, 1.54) is 7.11 Å². The molecular weight excluding hydrogens is 410 g/mol. The fraction of sp³-hybridized carbons (Fsp3) is 0.0952. The number of pyridine rings is 1. The standard InChI is InChI=1S/C21H18ClN3O3S/c1-28-20-10-7-16(19-13-25-11-3-2-4-21(25)23-19)12-18(20)24-29(26,27)14-15-5-8-17(22)9-6-15/h2-13,24H,14H2,1H3. The highest BCUT2D eigenvalue weighted by molar-refractivity contribution is 7.91. The normalized spacial score (nSPS) is 11.5. The summed E-state index contributed by atoms with van der Waals surface area (Å²) in [6.45, 7) is 0. The molecule has 8 heteroatoms. The summed E-state index contributed by atoms with van der Waals surface area (Å²) in [5.41, 5.74) is 3.31. The number of halogens is 1. The largest absolute Gasteiger partial charge is 0.495 e. The van der Waals surface area contributed by atoms with Gasteiger partial charge in [0.05, 0.1) is 24.2 Å². The second-order valence-electron chi connectivity index (χ2n) is 6.49. The van der Waals surface area contributed by atoms with Crippen molar-refractivity contribution in [2.45, 2.75) is 5.75 Å². The average molecular weight is 428 g/mol. The highest BCUT2D eigenvalue weighted by atomic mass is 35.5. The van der Waals surface area contributed by atoms with Gasteiger partial charge in [-0.05, 0) is 48.0 Å². The molecule has 0 amide bonds. The first-order valence-electron chi connectivity index (χ1n) is 8.81. The lowest BCUT2D eigenvalue weighted by atomic mass is 10.1. The van der Waals surface area contributed by atoms with Crippen LogP contribution in [0.2, 0.25) is 5.02 Å². The summed E-state index contributed by atoms with van der Waals surface area (Å²) in [5, 5.41) is 0.556.